The van der Waals surface area contributed by atoms with Crippen molar-refractivity contribution in [1.82, 2.24) is 24.1 Å². The Balaban J connectivity index is 1.92. The minimum absolute atomic E-state index is 0.0821. The Morgan fingerprint density at radius 3 is 2.29 bits per heavy atom. The highest BCUT2D eigenvalue weighted by Crippen LogP contribution is 2.33. The number of para-hydroxylation sites is 2. The number of ether oxygens (including phenoxy) is 2. The Bertz CT molecular complexity index is 1620. The van der Waals surface area contributed by atoms with Crippen LogP contribution in [0.5, 0.6) is 11.5 Å². The van der Waals surface area contributed by atoms with Crippen molar-refractivity contribution >= 4 is 33.2 Å². The third kappa shape index (κ3) is 3.79. The van der Waals surface area contributed by atoms with E-state index in [0.29, 0.717) is 52.6 Å². The lowest BCUT2D eigenvalue weighted by molar-refractivity contribution is 0.355. The molecular weight excluding hydrogens is 442 g/mol. The molecule has 0 saturated heterocycles. The molecule has 0 aliphatic heterocycles. The van der Waals surface area contributed by atoms with E-state index in [1.165, 1.54) is 0 Å². The van der Waals surface area contributed by atoms with E-state index in [2.05, 4.69) is 13.8 Å². The number of nitrogens with zero attached hydrogens (tertiary/aromatic N) is 5. The van der Waals surface area contributed by atoms with Gasteiger partial charge in [-0.05, 0) is 36.6 Å². The molecule has 0 aliphatic carbocycles. The highest BCUT2D eigenvalue weighted by molar-refractivity contribution is 6.05. The maximum atomic E-state index is 13.9. The Morgan fingerprint density at radius 1 is 0.914 bits per heavy atom. The van der Waals surface area contributed by atoms with Crippen LogP contribution in [0.2, 0.25) is 0 Å². The normalized spacial score (nSPS) is 11.7. The van der Waals surface area contributed by atoms with Crippen LogP contribution in [0.15, 0.2) is 47.3 Å². The summed E-state index contributed by atoms with van der Waals surface area (Å²) in [5, 5.41) is 0.481. The van der Waals surface area contributed by atoms with Gasteiger partial charge in [0.15, 0.2) is 22.8 Å². The van der Waals surface area contributed by atoms with Gasteiger partial charge >= 0.3 is 0 Å². The van der Waals surface area contributed by atoms with Crippen LogP contribution in [-0.2, 0) is 13.0 Å². The molecule has 0 saturated carbocycles. The second kappa shape index (κ2) is 9.02. The number of rotatable bonds is 7. The summed E-state index contributed by atoms with van der Waals surface area (Å²) in [5.74, 6) is 2.41. The average molecular weight is 472 g/mol. The van der Waals surface area contributed by atoms with E-state index >= 15 is 0 Å². The van der Waals surface area contributed by atoms with E-state index in [1.54, 1.807) is 18.8 Å². The zero-order valence-electron chi connectivity index (χ0n) is 20.7. The summed E-state index contributed by atoms with van der Waals surface area (Å²) in [5.41, 5.74) is 3.85. The highest BCUT2D eigenvalue weighted by atomic mass is 16.5. The van der Waals surface area contributed by atoms with Gasteiger partial charge < -0.3 is 9.47 Å². The first-order valence-electron chi connectivity index (χ1n) is 11.9. The van der Waals surface area contributed by atoms with Gasteiger partial charge in [-0.3, -0.25) is 13.9 Å². The first-order valence-corrected chi connectivity index (χ1v) is 11.9. The van der Waals surface area contributed by atoms with Gasteiger partial charge in [-0.2, -0.15) is 0 Å². The largest absolute Gasteiger partial charge is 0.493 e. The maximum Gasteiger partial charge on any atom is 0.265 e. The van der Waals surface area contributed by atoms with Crippen molar-refractivity contribution in [3.8, 4) is 17.2 Å². The molecule has 0 fully saturated rings. The molecule has 2 aromatic carbocycles. The van der Waals surface area contributed by atoms with E-state index in [4.69, 9.17) is 24.4 Å². The molecule has 8 nitrogen and oxygen atoms in total. The van der Waals surface area contributed by atoms with Crippen molar-refractivity contribution in [3.63, 3.8) is 0 Å². The van der Waals surface area contributed by atoms with Gasteiger partial charge in [0.05, 0.1) is 30.9 Å². The molecule has 0 unspecified atom stereocenters. The fourth-order valence-corrected chi connectivity index (χ4v) is 4.47. The fraction of sp³-hybridized carbons (Fsp3) is 0.333. The van der Waals surface area contributed by atoms with Crippen LogP contribution >= 0.6 is 0 Å². The van der Waals surface area contributed by atoms with Crippen LogP contribution in [0, 0.1) is 5.92 Å². The summed E-state index contributed by atoms with van der Waals surface area (Å²) in [4.78, 5) is 28.8. The molecule has 0 atom stereocenters. The zero-order valence-corrected chi connectivity index (χ0v) is 20.7. The van der Waals surface area contributed by atoms with E-state index in [1.807, 2.05) is 54.0 Å². The Labute approximate surface area is 203 Å². The number of hydrogen-bond acceptors (Lipinski definition) is 6. The SMILES string of the molecule is CCc1nc2c(c(=O)n1CCC(C)C)c1nc3ccccc3nc1n2-c1ccc(OC)c(OC)c1. The minimum atomic E-state index is -0.0821. The number of aryl methyl sites for hydroxylation is 1. The van der Waals surface area contributed by atoms with Crippen molar-refractivity contribution in [2.75, 3.05) is 14.2 Å². The fourth-order valence-electron chi connectivity index (χ4n) is 4.47. The number of aromatic nitrogens is 5. The van der Waals surface area contributed by atoms with Crippen molar-refractivity contribution in [2.24, 2.45) is 5.92 Å². The highest BCUT2D eigenvalue weighted by Gasteiger charge is 2.23. The van der Waals surface area contributed by atoms with Crippen LogP contribution in [0.4, 0.5) is 0 Å². The standard InChI is InChI=1S/C27H29N5O3/c1-6-22-30-25-23(27(33)31(22)14-13-16(2)3)24-26(29-19-10-8-7-9-18(19)28-24)32(25)17-11-12-20(34-4)21(15-17)35-5/h7-12,15-16H,6,13-14H2,1-5H3. The van der Waals surface area contributed by atoms with Crippen LogP contribution in [0.1, 0.15) is 33.0 Å². The topological polar surface area (TPSA) is 84.1 Å². The van der Waals surface area contributed by atoms with Gasteiger partial charge in [-0.15, -0.1) is 0 Å². The van der Waals surface area contributed by atoms with Crippen LogP contribution in [-0.4, -0.2) is 38.3 Å². The summed E-state index contributed by atoms with van der Waals surface area (Å²) in [6, 6.07) is 13.3. The van der Waals surface area contributed by atoms with Gasteiger partial charge in [-0.25, -0.2) is 15.0 Å². The minimum Gasteiger partial charge on any atom is -0.493 e. The molecule has 0 amide bonds. The van der Waals surface area contributed by atoms with Crippen LogP contribution in [0.3, 0.4) is 0 Å². The molecule has 3 heterocycles. The molecule has 5 rings (SSSR count). The van der Waals surface area contributed by atoms with Crippen molar-refractivity contribution in [2.45, 2.75) is 40.2 Å². The van der Waals surface area contributed by atoms with E-state index < -0.39 is 0 Å². The van der Waals surface area contributed by atoms with Crippen LogP contribution < -0.4 is 15.0 Å². The third-order valence-electron chi connectivity index (χ3n) is 6.31. The Morgan fingerprint density at radius 2 is 1.63 bits per heavy atom. The maximum absolute atomic E-state index is 13.9. The molecule has 35 heavy (non-hydrogen) atoms. The van der Waals surface area contributed by atoms with E-state index in [9.17, 15) is 4.79 Å². The summed E-state index contributed by atoms with van der Waals surface area (Å²) >= 11 is 0. The Kier molecular flexibility index (Phi) is 5.88. The first-order chi connectivity index (χ1) is 17.0. The number of methoxy groups -OCH3 is 2. The Hall–Kier alpha value is -3.94. The lowest BCUT2D eigenvalue weighted by Gasteiger charge is -2.14. The van der Waals surface area contributed by atoms with E-state index in [0.717, 1.165) is 29.0 Å². The number of fused-ring (bicyclic) bond motifs is 4. The predicted octanol–water partition coefficient (Wildman–Crippen LogP) is 4.91. The third-order valence-corrected chi connectivity index (χ3v) is 6.31. The average Bonchev–Trinajstić information content (AvgIpc) is 3.18. The summed E-state index contributed by atoms with van der Waals surface area (Å²) < 4.78 is 14.7. The molecule has 5 aromatic rings. The van der Waals surface area contributed by atoms with Gasteiger partial charge in [0.2, 0.25) is 0 Å². The van der Waals surface area contributed by atoms with Crippen molar-refractivity contribution in [3.05, 3.63) is 58.6 Å². The molecular formula is C27H29N5O3. The van der Waals surface area contributed by atoms with E-state index in [-0.39, 0.29) is 5.56 Å². The van der Waals surface area contributed by atoms with Crippen molar-refractivity contribution in [1.29, 1.82) is 0 Å². The van der Waals surface area contributed by atoms with Crippen molar-refractivity contribution < 1.29 is 9.47 Å². The second-order valence-electron chi connectivity index (χ2n) is 8.98. The van der Waals surface area contributed by atoms with Gasteiger partial charge in [0.25, 0.3) is 5.56 Å². The number of benzene rings is 2. The smallest absolute Gasteiger partial charge is 0.265 e. The second-order valence-corrected chi connectivity index (χ2v) is 8.98. The summed E-state index contributed by atoms with van der Waals surface area (Å²) in [6.45, 7) is 6.95. The summed E-state index contributed by atoms with van der Waals surface area (Å²) in [6.07, 6.45) is 1.53. The lowest BCUT2D eigenvalue weighted by atomic mass is 10.1. The molecule has 8 heteroatoms. The van der Waals surface area contributed by atoms with Gasteiger partial charge in [-0.1, -0.05) is 32.9 Å². The number of hydrogen-bond donors (Lipinski definition) is 0. The van der Waals surface area contributed by atoms with Crippen LogP contribution in [0.25, 0.3) is 38.9 Å². The summed E-state index contributed by atoms with van der Waals surface area (Å²) in [7, 11) is 3.20. The predicted molar refractivity (Wildman–Crippen MR) is 138 cm³/mol. The molecule has 180 valence electrons. The molecule has 0 spiro atoms. The van der Waals surface area contributed by atoms with Gasteiger partial charge in [0.1, 0.15) is 16.7 Å². The van der Waals surface area contributed by atoms with Gasteiger partial charge in [0, 0.05) is 19.0 Å². The molecule has 0 radical (unpaired) electrons. The molecule has 0 bridgehead atoms. The molecule has 0 aliphatic rings. The monoisotopic (exact) mass is 471 g/mol. The zero-order chi connectivity index (χ0) is 24.7. The molecule has 0 N–H and O–H groups in total. The quantitative estimate of drug-likeness (QED) is 0.335. The first kappa shape index (κ1) is 22.8. The molecule has 3 aromatic heterocycles. The lowest BCUT2D eigenvalue weighted by Crippen LogP contribution is -2.26.